The number of nitrogens with zero attached hydrogens (tertiary/aromatic N) is 6. The summed E-state index contributed by atoms with van der Waals surface area (Å²) in [5.74, 6) is 0.791. The van der Waals surface area contributed by atoms with E-state index in [1.807, 2.05) is 18.2 Å². The molecule has 55 heavy (non-hydrogen) atoms. The van der Waals surface area contributed by atoms with Crippen molar-refractivity contribution in [1.29, 1.82) is 0 Å². The summed E-state index contributed by atoms with van der Waals surface area (Å²) in [4.78, 5) is 62.8. The van der Waals surface area contributed by atoms with Gasteiger partial charge in [-0.3, -0.25) is 34.3 Å². The lowest BCUT2D eigenvalue weighted by atomic mass is 10.0. The maximum absolute atomic E-state index is 13.2. The number of para-hydroxylation sites is 1. The molecule has 1 aliphatic carbocycles. The maximum Gasteiger partial charge on any atom is 0.262 e. The van der Waals surface area contributed by atoms with E-state index in [0.717, 1.165) is 80.5 Å². The highest BCUT2D eigenvalue weighted by atomic mass is 16.3. The van der Waals surface area contributed by atoms with Gasteiger partial charge in [0.05, 0.1) is 22.9 Å². The van der Waals surface area contributed by atoms with Crippen molar-refractivity contribution < 1.29 is 24.3 Å². The molecule has 4 saturated heterocycles. The fourth-order valence-electron chi connectivity index (χ4n) is 9.05. The number of imide groups is 2. The molecule has 0 radical (unpaired) electrons. The highest BCUT2D eigenvalue weighted by Gasteiger charge is 2.47. The monoisotopic (exact) mass is 752 g/mol. The van der Waals surface area contributed by atoms with Crippen LogP contribution in [0.15, 0.2) is 60.1 Å². The molecule has 2 aromatic rings. The molecule has 6 aliphatic heterocycles. The highest BCUT2D eigenvalue weighted by molar-refractivity contribution is 6.23. The molecular formula is C40H52N10O5. The number of phenols is 1. The Kier molecular flexibility index (Phi) is 9.94. The number of fused-ring (bicyclic) bond motifs is 3. The summed E-state index contributed by atoms with van der Waals surface area (Å²) < 4.78 is 0. The number of hydrogen-bond donors (Lipinski definition) is 5. The van der Waals surface area contributed by atoms with Gasteiger partial charge in [-0.2, -0.15) is 0 Å². The van der Waals surface area contributed by atoms with Gasteiger partial charge in [-0.1, -0.05) is 12.1 Å². The topological polar surface area (TPSA) is 184 Å². The van der Waals surface area contributed by atoms with E-state index in [1.54, 1.807) is 30.3 Å². The van der Waals surface area contributed by atoms with Gasteiger partial charge < -0.3 is 41.5 Å². The first-order valence-electron chi connectivity index (χ1n) is 19.4. The molecule has 15 nitrogen and oxygen atoms in total. The van der Waals surface area contributed by atoms with E-state index in [2.05, 4.69) is 49.2 Å². The molecule has 0 aromatic heterocycles. The van der Waals surface area contributed by atoms with E-state index < -0.39 is 23.8 Å². The van der Waals surface area contributed by atoms with E-state index in [-0.39, 0.29) is 24.5 Å². The molecule has 0 bridgehead atoms. The third kappa shape index (κ3) is 7.35. The number of rotatable bonds is 6. The summed E-state index contributed by atoms with van der Waals surface area (Å²) >= 11 is 0. The Balaban J connectivity index is 0.000000169. The minimum absolute atomic E-state index is 0.121. The van der Waals surface area contributed by atoms with E-state index in [4.69, 9.17) is 11.5 Å². The van der Waals surface area contributed by atoms with Gasteiger partial charge in [0, 0.05) is 94.9 Å². The molecular weight excluding hydrogens is 701 g/mol. The molecule has 1 saturated carbocycles. The van der Waals surface area contributed by atoms with Gasteiger partial charge in [-0.15, -0.1) is 0 Å². The number of allylic oxidation sites excluding steroid dienone is 1. The van der Waals surface area contributed by atoms with Crippen LogP contribution in [0.3, 0.4) is 0 Å². The lowest BCUT2D eigenvalue weighted by Gasteiger charge is -2.45. The molecule has 5 atom stereocenters. The molecule has 6 heterocycles. The normalized spacial score (nSPS) is 28.7. The number of benzene rings is 2. The Morgan fingerprint density at radius 1 is 0.927 bits per heavy atom. The van der Waals surface area contributed by atoms with Gasteiger partial charge in [-0.05, 0) is 75.2 Å². The van der Waals surface area contributed by atoms with Gasteiger partial charge >= 0.3 is 0 Å². The number of hydrogen-bond acceptors (Lipinski definition) is 13. The molecule has 9 rings (SSSR count). The molecule has 15 heteroatoms. The maximum atomic E-state index is 13.2. The number of piperidine rings is 2. The lowest BCUT2D eigenvalue weighted by molar-refractivity contribution is -0.136. The average molecular weight is 753 g/mol. The first-order chi connectivity index (χ1) is 26.4. The number of carbonyl (C=O) groups is 4. The number of amides is 4. The van der Waals surface area contributed by atoms with Gasteiger partial charge in [0.2, 0.25) is 11.8 Å². The Bertz CT molecular complexity index is 1940. The number of nitrogens with one attached hydrogen (secondary N) is 2. The number of nitrogens with two attached hydrogens (primary N) is 2. The van der Waals surface area contributed by atoms with Crippen LogP contribution in [0.1, 0.15) is 45.5 Å². The fraction of sp³-hybridized carbons (Fsp3) is 0.500. The van der Waals surface area contributed by atoms with E-state index >= 15 is 0 Å². The van der Waals surface area contributed by atoms with Crippen molar-refractivity contribution >= 4 is 35.0 Å². The van der Waals surface area contributed by atoms with Crippen LogP contribution >= 0.6 is 0 Å². The van der Waals surface area contributed by atoms with Crippen molar-refractivity contribution in [3.05, 3.63) is 76.7 Å². The molecule has 5 unspecified atom stereocenters. The van der Waals surface area contributed by atoms with Crippen LogP contribution in [0.4, 0.5) is 5.69 Å². The van der Waals surface area contributed by atoms with Crippen LogP contribution in [0.2, 0.25) is 0 Å². The second-order valence-electron chi connectivity index (χ2n) is 16.1. The summed E-state index contributed by atoms with van der Waals surface area (Å²) in [5.41, 5.74) is 16.0. The van der Waals surface area contributed by atoms with Crippen LogP contribution in [-0.4, -0.2) is 151 Å². The Hall–Kier alpha value is -5.12. The van der Waals surface area contributed by atoms with Gasteiger partial charge in [-0.25, -0.2) is 0 Å². The predicted octanol–water partition coefficient (Wildman–Crippen LogP) is 0.199. The third-order valence-electron chi connectivity index (χ3n) is 12.4. The van der Waals surface area contributed by atoms with Crippen LogP contribution < -0.4 is 27.0 Å². The SMILES string of the molecule is CN1CCN(c2ccc3c(c2)C(=O)N(C2CCC(=O)NC2=O)C3=O)CC1CN1CC2CC2C1.CN1CCN2C(/C=C(\N)c3ccccc3O)=C(N)NCC2C1. The van der Waals surface area contributed by atoms with Crippen LogP contribution in [0.5, 0.6) is 5.75 Å². The summed E-state index contributed by atoms with van der Waals surface area (Å²) in [6.45, 7) is 9.93. The quantitative estimate of drug-likeness (QED) is 0.253. The first kappa shape index (κ1) is 36.8. The summed E-state index contributed by atoms with van der Waals surface area (Å²) in [6.07, 6.45) is 3.55. The zero-order valence-electron chi connectivity index (χ0n) is 31.6. The van der Waals surface area contributed by atoms with Gasteiger partial charge in [0.25, 0.3) is 11.8 Å². The molecule has 2 aromatic carbocycles. The van der Waals surface area contributed by atoms with Crippen LogP contribution in [0, 0.1) is 11.8 Å². The Morgan fingerprint density at radius 2 is 1.69 bits per heavy atom. The van der Waals surface area contributed by atoms with Gasteiger partial charge in [0.15, 0.2) is 0 Å². The number of carbonyl (C=O) groups excluding carboxylic acids is 4. The van der Waals surface area contributed by atoms with Crippen molar-refractivity contribution in [2.75, 3.05) is 84.4 Å². The average Bonchev–Trinajstić information content (AvgIpc) is 3.70. The zero-order chi connectivity index (χ0) is 38.5. The van der Waals surface area contributed by atoms with E-state index in [0.29, 0.717) is 40.3 Å². The molecule has 0 spiro atoms. The number of aromatic hydroxyl groups is 1. The second-order valence-corrected chi connectivity index (χ2v) is 16.1. The van der Waals surface area contributed by atoms with Crippen molar-refractivity contribution in [1.82, 2.24) is 35.1 Å². The van der Waals surface area contributed by atoms with Crippen molar-refractivity contribution in [2.24, 2.45) is 23.3 Å². The summed E-state index contributed by atoms with van der Waals surface area (Å²) in [5, 5.41) is 15.4. The Morgan fingerprint density at radius 3 is 2.45 bits per heavy atom. The van der Waals surface area contributed by atoms with E-state index in [1.165, 1.54) is 19.5 Å². The largest absolute Gasteiger partial charge is 0.507 e. The smallest absolute Gasteiger partial charge is 0.262 e. The minimum atomic E-state index is -0.932. The predicted molar refractivity (Wildman–Crippen MR) is 207 cm³/mol. The van der Waals surface area contributed by atoms with E-state index in [9.17, 15) is 24.3 Å². The number of likely N-dealkylation sites (tertiary alicyclic amines) is 1. The van der Waals surface area contributed by atoms with Crippen molar-refractivity contribution in [3.63, 3.8) is 0 Å². The molecule has 7 aliphatic rings. The molecule has 5 fully saturated rings. The van der Waals surface area contributed by atoms with Crippen LogP contribution in [-0.2, 0) is 9.59 Å². The lowest BCUT2D eigenvalue weighted by Crippen LogP contribution is -2.58. The molecule has 7 N–H and O–H groups in total. The number of anilines is 1. The fourth-order valence-corrected chi connectivity index (χ4v) is 9.05. The molecule has 4 amide bonds. The van der Waals surface area contributed by atoms with Crippen molar-refractivity contribution in [2.45, 2.75) is 37.4 Å². The van der Waals surface area contributed by atoms with Gasteiger partial charge in [0.1, 0.15) is 17.6 Å². The zero-order valence-corrected chi connectivity index (χ0v) is 31.6. The third-order valence-corrected chi connectivity index (χ3v) is 12.4. The van der Waals surface area contributed by atoms with Crippen LogP contribution in [0.25, 0.3) is 5.70 Å². The standard InChI is InChI=1S/C24H29N5O4.C16H23N5O/c1-26-6-7-28(13-17(26)12-27-10-14-8-15(14)11-27)16-2-3-18-19(9-16)24(33)29(23(18)32)20-4-5-21(30)25-22(20)31;1-20-6-7-21-11(10-20)9-19-16(18)14(21)8-13(17)12-4-2-3-5-15(12)22/h2-3,9,14-15,17,20H,4-8,10-13H2,1H3,(H,25,30,31);2-5,8,11,19,22H,6-7,9-10,17-18H2,1H3/b;13-8-. The second kappa shape index (κ2) is 14.8. The number of likely N-dealkylation sites (N-methyl/N-ethyl adjacent to an activating group) is 2. The Labute approximate surface area is 321 Å². The number of piperazine rings is 2. The summed E-state index contributed by atoms with van der Waals surface area (Å²) in [6, 6.07) is 12.3. The van der Waals surface area contributed by atoms with Crippen molar-refractivity contribution in [3.8, 4) is 5.75 Å². The summed E-state index contributed by atoms with van der Waals surface area (Å²) in [7, 11) is 4.31. The first-order valence-corrected chi connectivity index (χ1v) is 19.4. The highest BCUT2D eigenvalue weighted by Crippen LogP contribution is 2.45. The number of phenolic OH excluding ortho intramolecular Hbond substituents is 1. The minimum Gasteiger partial charge on any atom is -0.507 e. The molecule has 292 valence electrons.